The monoisotopic (exact) mass is 465 g/mol. The number of hydrogen-bond acceptors (Lipinski definition) is 7. The van der Waals surface area contributed by atoms with Gasteiger partial charge in [-0.25, -0.2) is 4.98 Å². The van der Waals surface area contributed by atoms with Crippen LogP contribution in [0.2, 0.25) is 0 Å². The molecule has 8 nitrogen and oxygen atoms in total. The van der Waals surface area contributed by atoms with E-state index in [1.165, 1.54) is 6.42 Å². The zero-order valence-corrected chi connectivity index (χ0v) is 20.3. The first-order valence-corrected chi connectivity index (χ1v) is 11.4. The molecule has 182 valence electrons. The number of amidine groups is 1. The summed E-state index contributed by atoms with van der Waals surface area (Å²) in [6.45, 7) is 8.53. The van der Waals surface area contributed by atoms with E-state index < -0.39 is 0 Å². The molecular weight excluding hydrogens is 430 g/mol. The molecule has 34 heavy (non-hydrogen) atoms. The van der Waals surface area contributed by atoms with Gasteiger partial charge in [0, 0.05) is 31.8 Å². The molecule has 0 saturated carbocycles. The number of allylic oxidation sites excluding steroid dienone is 3. The van der Waals surface area contributed by atoms with E-state index in [1.807, 2.05) is 49.4 Å². The van der Waals surface area contributed by atoms with Gasteiger partial charge in [0.25, 0.3) is 0 Å². The molecule has 2 heterocycles. The standard InChI is InChI=1S/C21H25N5O3.C5H10/c1-3-16(27-2)6-4-11-25-26-20(22)17-7-5-10-23-21(17)24-13-15-8-9-18-19(12-15)29-14-28-18;1-3-5-4-2/h5-12H,3-4,13-14H2,1-2H3,(H2,22,26)(H,23,24);3H,1,4-5H2,2H3/b16-6+,25-11+;. The third kappa shape index (κ3) is 8.61. The van der Waals surface area contributed by atoms with Crippen LogP contribution in [-0.2, 0) is 11.3 Å². The maximum Gasteiger partial charge on any atom is 0.231 e. The number of nitrogens with one attached hydrogen (secondary N) is 1. The highest BCUT2D eigenvalue weighted by atomic mass is 16.7. The number of benzene rings is 1. The van der Waals surface area contributed by atoms with Gasteiger partial charge in [0.2, 0.25) is 6.79 Å². The van der Waals surface area contributed by atoms with Crippen molar-refractivity contribution in [2.75, 3.05) is 19.2 Å². The summed E-state index contributed by atoms with van der Waals surface area (Å²) in [5, 5.41) is 11.4. The lowest BCUT2D eigenvalue weighted by Gasteiger charge is -2.10. The first-order valence-electron chi connectivity index (χ1n) is 11.4. The van der Waals surface area contributed by atoms with E-state index >= 15 is 0 Å². The van der Waals surface area contributed by atoms with Crippen LogP contribution in [0.4, 0.5) is 5.82 Å². The fraction of sp³-hybridized carbons (Fsp3) is 0.346. The zero-order valence-electron chi connectivity index (χ0n) is 20.3. The largest absolute Gasteiger partial charge is 0.501 e. The first-order chi connectivity index (χ1) is 16.6. The molecule has 8 heteroatoms. The molecule has 3 rings (SSSR count). The molecule has 0 spiro atoms. The Labute approximate surface area is 202 Å². The lowest BCUT2D eigenvalue weighted by molar-refractivity contribution is 0.174. The molecule has 0 bridgehead atoms. The van der Waals surface area contributed by atoms with Gasteiger partial charge in [-0.05, 0) is 42.3 Å². The molecule has 1 aliphatic rings. The van der Waals surface area contributed by atoms with Crippen LogP contribution in [0, 0.1) is 0 Å². The average Bonchev–Trinajstić information content (AvgIpc) is 3.34. The Balaban J connectivity index is 0.000000739. The second-order valence-electron chi connectivity index (χ2n) is 7.27. The van der Waals surface area contributed by atoms with Gasteiger partial charge in [-0.15, -0.1) is 11.7 Å². The number of hydrogen-bond donors (Lipinski definition) is 2. The van der Waals surface area contributed by atoms with Crippen LogP contribution in [0.1, 0.15) is 50.7 Å². The Bertz CT molecular complexity index is 996. The van der Waals surface area contributed by atoms with Crippen LogP contribution in [0.3, 0.4) is 0 Å². The van der Waals surface area contributed by atoms with Gasteiger partial charge in [0.05, 0.1) is 18.4 Å². The molecule has 0 saturated heterocycles. The van der Waals surface area contributed by atoms with Crippen LogP contribution >= 0.6 is 0 Å². The van der Waals surface area contributed by atoms with Crippen molar-refractivity contribution in [3.8, 4) is 11.5 Å². The molecule has 0 atom stereocenters. The molecule has 0 fully saturated rings. The number of nitrogens with two attached hydrogens (primary N) is 1. The smallest absolute Gasteiger partial charge is 0.231 e. The fourth-order valence-electron chi connectivity index (χ4n) is 2.95. The molecule has 0 amide bonds. The lowest BCUT2D eigenvalue weighted by Crippen LogP contribution is -2.16. The predicted octanol–water partition coefficient (Wildman–Crippen LogP) is 5.42. The number of nitrogens with zero attached hydrogens (tertiary/aromatic N) is 3. The van der Waals surface area contributed by atoms with Crippen molar-refractivity contribution in [1.82, 2.24) is 4.98 Å². The zero-order chi connectivity index (χ0) is 24.6. The Morgan fingerprint density at radius 3 is 2.79 bits per heavy atom. The van der Waals surface area contributed by atoms with Gasteiger partial charge in [-0.3, -0.25) is 0 Å². The molecule has 1 aromatic heterocycles. The number of pyridine rings is 1. The fourth-order valence-corrected chi connectivity index (χ4v) is 2.95. The summed E-state index contributed by atoms with van der Waals surface area (Å²) in [6.07, 6.45) is 11.1. The number of aromatic nitrogens is 1. The normalized spacial score (nSPS) is 12.8. The third-order valence-corrected chi connectivity index (χ3v) is 4.78. The van der Waals surface area contributed by atoms with Crippen LogP contribution in [0.5, 0.6) is 11.5 Å². The Morgan fingerprint density at radius 2 is 2.09 bits per heavy atom. The highest BCUT2D eigenvalue weighted by Crippen LogP contribution is 2.32. The van der Waals surface area contributed by atoms with E-state index in [2.05, 4.69) is 34.0 Å². The number of unbranched alkanes of at least 4 members (excludes halogenated alkanes) is 1. The summed E-state index contributed by atoms with van der Waals surface area (Å²) >= 11 is 0. The number of rotatable bonds is 11. The summed E-state index contributed by atoms with van der Waals surface area (Å²) in [5.41, 5.74) is 7.84. The van der Waals surface area contributed by atoms with Crippen molar-refractivity contribution in [3.05, 3.63) is 72.1 Å². The van der Waals surface area contributed by atoms with Gasteiger partial charge in [0.1, 0.15) is 5.82 Å². The Hall–Kier alpha value is -3.81. The topological polar surface area (TPSA) is 103 Å². The molecule has 0 radical (unpaired) electrons. The van der Waals surface area contributed by atoms with E-state index in [1.54, 1.807) is 19.5 Å². The van der Waals surface area contributed by atoms with E-state index in [4.69, 9.17) is 19.9 Å². The number of methoxy groups -OCH3 is 1. The number of ether oxygens (including phenoxy) is 3. The maximum atomic E-state index is 6.11. The maximum absolute atomic E-state index is 6.11. The minimum Gasteiger partial charge on any atom is -0.501 e. The van der Waals surface area contributed by atoms with Gasteiger partial charge in [-0.1, -0.05) is 32.4 Å². The van der Waals surface area contributed by atoms with E-state index in [-0.39, 0.29) is 12.6 Å². The summed E-state index contributed by atoms with van der Waals surface area (Å²) in [4.78, 5) is 4.37. The van der Waals surface area contributed by atoms with Crippen molar-refractivity contribution < 1.29 is 14.2 Å². The SMILES string of the molecule is C=CCCC.CC/C(=C\C/C=N/N=C(\N)c1cccnc1NCc1ccc2c(c1)OCO2)OC. The average molecular weight is 466 g/mol. The van der Waals surface area contributed by atoms with Crippen molar-refractivity contribution in [1.29, 1.82) is 0 Å². The second-order valence-corrected chi connectivity index (χ2v) is 7.27. The lowest BCUT2D eigenvalue weighted by atomic mass is 10.2. The molecule has 1 aromatic carbocycles. The summed E-state index contributed by atoms with van der Waals surface area (Å²) in [7, 11) is 1.66. The minimum atomic E-state index is 0.255. The van der Waals surface area contributed by atoms with Crippen molar-refractivity contribution >= 4 is 17.9 Å². The van der Waals surface area contributed by atoms with Crippen LogP contribution in [0.15, 0.2) is 71.2 Å². The van der Waals surface area contributed by atoms with E-state index in [9.17, 15) is 0 Å². The van der Waals surface area contributed by atoms with E-state index in [0.29, 0.717) is 24.3 Å². The molecule has 2 aromatic rings. The molecule has 0 aliphatic carbocycles. The van der Waals surface area contributed by atoms with Crippen LogP contribution in [0.25, 0.3) is 0 Å². The van der Waals surface area contributed by atoms with Crippen molar-refractivity contribution in [3.63, 3.8) is 0 Å². The highest BCUT2D eigenvalue weighted by molar-refractivity contribution is 6.01. The summed E-state index contributed by atoms with van der Waals surface area (Å²) < 4.78 is 16.0. The Morgan fingerprint density at radius 1 is 1.26 bits per heavy atom. The third-order valence-electron chi connectivity index (χ3n) is 4.78. The second kappa shape index (κ2) is 15.1. The summed E-state index contributed by atoms with van der Waals surface area (Å²) in [5.74, 6) is 3.33. The van der Waals surface area contributed by atoms with Gasteiger partial charge in [0.15, 0.2) is 17.3 Å². The van der Waals surface area contributed by atoms with Gasteiger partial charge >= 0.3 is 0 Å². The van der Waals surface area contributed by atoms with Gasteiger partial charge < -0.3 is 25.3 Å². The number of fused-ring (bicyclic) bond motifs is 1. The minimum absolute atomic E-state index is 0.255. The highest BCUT2D eigenvalue weighted by Gasteiger charge is 2.13. The molecule has 1 aliphatic heterocycles. The molecule has 3 N–H and O–H groups in total. The summed E-state index contributed by atoms with van der Waals surface area (Å²) in [6, 6.07) is 9.47. The molecule has 0 unspecified atom stereocenters. The van der Waals surface area contributed by atoms with Crippen LogP contribution in [-0.4, -0.2) is 30.9 Å². The van der Waals surface area contributed by atoms with Crippen molar-refractivity contribution in [2.24, 2.45) is 15.9 Å². The quantitative estimate of drug-likeness (QED) is 0.151. The van der Waals surface area contributed by atoms with Crippen LogP contribution < -0.4 is 20.5 Å². The predicted molar refractivity (Wildman–Crippen MR) is 138 cm³/mol. The van der Waals surface area contributed by atoms with Gasteiger partial charge in [-0.2, -0.15) is 5.10 Å². The number of anilines is 1. The first kappa shape index (κ1) is 26.4. The van der Waals surface area contributed by atoms with Crippen molar-refractivity contribution in [2.45, 2.75) is 46.1 Å². The Kier molecular flexibility index (Phi) is 11.7. The van der Waals surface area contributed by atoms with E-state index in [0.717, 1.165) is 35.7 Å². The molecular formula is C26H35N5O3.